The van der Waals surface area contributed by atoms with E-state index in [1.807, 2.05) is 35.2 Å². The van der Waals surface area contributed by atoms with Gasteiger partial charge in [0.2, 0.25) is 5.91 Å². The highest BCUT2D eigenvalue weighted by molar-refractivity contribution is 7.10. The fraction of sp³-hybridized carbons (Fsp3) is 0.455. The maximum absolute atomic E-state index is 13.7. The van der Waals surface area contributed by atoms with Crippen LogP contribution in [0.2, 0.25) is 0 Å². The third kappa shape index (κ3) is 2.48. The fourth-order valence-corrected chi connectivity index (χ4v) is 6.22. The summed E-state index contributed by atoms with van der Waals surface area (Å²) < 4.78 is 5.90. The first kappa shape index (κ1) is 17.0. The number of piperidine rings is 1. The topological polar surface area (TPSA) is 46.6 Å². The second-order valence-corrected chi connectivity index (χ2v) is 8.97. The number of benzene rings is 1. The molecule has 4 nitrogen and oxygen atoms in total. The molecular formula is C22H23NO3S. The normalized spacial score (nSPS) is 26.2. The first-order chi connectivity index (χ1) is 13.1. The Morgan fingerprint density at radius 1 is 1.04 bits per heavy atom. The van der Waals surface area contributed by atoms with Crippen LogP contribution in [-0.4, -0.2) is 29.9 Å². The molecular weight excluding hydrogens is 358 g/mol. The van der Waals surface area contributed by atoms with Crippen LogP contribution in [0.3, 0.4) is 0 Å². The van der Waals surface area contributed by atoms with Gasteiger partial charge in [-0.1, -0.05) is 37.1 Å². The predicted molar refractivity (Wildman–Crippen MR) is 104 cm³/mol. The van der Waals surface area contributed by atoms with Crippen molar-refractivity contribution in [3.05, 3.63) is 57.8 Å². The van der Waals surface area contributed by atoms with Crippen molar-refractivity contribution in [2.24, 2.45) is 0 Å². The molecule has 0 radical (unpaired) electrons. The average Bonchev–Trinajstić information content (AvgIpc) is 3.43. The van der Waals surface area contributed by atoms with Crippen LogP contribution < -0.4 is 0 Å². The third-order valence-electron chi connectivity index (χ3n) is 6.53. The van der Waals surface area contributed by atoms with Crippen molar-refractivity contribution in [3.63, 3.8) is 0 Å². The Hall–Kier alpha value is -2.14. The van der Waals surface area contributed by atoms with Gasteiger partial charge in [0, 0.05) is 17.0 Å². The van der Waals surface area contributed by atoms with E-state index in [0.29, 0.717) is 12.1 Å². The molecule has 140 valence electrons. The van der Waals surface area contributed by atoms with E-state index in [0.717, 1.165) is 50.6 Å². The average molecular weight is 381 g/mol. The summed E-state index contributed by atoms with van der Waals surface area (Å²) in [6, 6.07) is 11.8. The number of carbonyl (C=O) groups excluding carboxylic acids is 2. The van der Waals surface area contributed by atoms with Crippen molar-refractivity contribution in [3.8, 4) is 0 Å². The molecule has 1 aliphatic carbocycles. The largest absolute Gasteiger partial charge is 0.449 e. The van der Waals surface area contributed by atoms with Gasteiger partial charge >= 0.3 is 5.97 Å². The summed E-state index contributed by atoms with van der Waals surface area (Å²) in [5.41, 5.74) is 0.552. The lowest BCUT2D eigenvalue weighted by molar-refractivity contribution is -0.144. The molecule has 2 aliphatic heterocycles. The number of amides is 1. The van der Waals surface area contributed by atoms with Crippen molar-refractivity contribution in [2.75, 3.05) is 13.1 Å². The molecule has 1 spiro atoms. The summed E-state index contributed by atoms with van der Waals surface area (Å²) in [5.74, 6) is -0.0318. The van der Waals surface area contributed by atoms with Crippen molar-refractivity contribution >= 4 is 23.2 Å². The smallest absolute Gasteiger partial charge is 0.339 e. The number of carbonyl (C=O) groups is 2. The number of likely N-dealkylation sites (tertiary alicyclic amines) is 1. The van der Waals surface area contributed by atoms with E-state index < -0.39 is 5.60 Å². The van der Waals surface area contributed by atoms with Gasteiger partial charge in [-0.2, -0.15) is 0 Å². The first-order valence-corrected chi connectivity index (χ1v) is 10.7. The Kier molecular flexibility index (Phi) is 3.90. The van der Waals surface area contributed by atoms with E-state index in [4.69, 9.17) is 4.74 Å². The summed E-state index contributed by atoms with van der Waals surface area (Å²) in [7, 11) is 0. The lowest BCUT2D eigenvalue weighted by atomic mass is 9.80. The number of hydrogen-bond acceptors (Lipinski definition) is 4. The number of hydrogen-bond donors (Lipinski definition) is 0. The molecule has 1 saturated carbocycles. The molecule has 1 amide bonds. The van der Waals surface area contributed by atoms with Gasteiger partial charge in [-0.3, -0.25) is 4.79 Å². The van der Waals surface area contributed by atoms with Gasteiger partial charge in [-0.05, 0) is 43.2 Å². The predicted octanol–water partition coefficient (Wildman–Crippen LogP) is 4.25. The van der Waals surface area contributed by atoms with Crippen LogP contribution in [0, 0.1) is 0 Å². The Labute approximate surface area is 163 Å². The zero-order chi connectivity index (χ0) is 18.5. The van der Waals surface area contributed by atoms with E-state index in [-0.39, 0.29) is 17.3 Å². The molecule has 1 saturated heterocycles. The summed E-state index contributed by atoms with van der Waals surface area (Å²) in [6.07, 6.45) is 5.68. The number of thiophene rings is 1. The second-order valence-electron chi connectivity index (χ2n) is 8.03. The van der Waals surface area contributed by atoms with Gasteiger partial charge in [-0.25, -0.2) is 4.79 Å². The zero-order valence-electron chi connectivity index (χ0n) is 15.3. The molecule has 1 aromatic carbocycles. The number of rotatable bonds is 2. The van der Waals surface area contributed by atoms with Crippen LogP contribution in [-0.2, 0) is 20.5 Å². The van der Waals surface area contributed by atoms with Crippen LogP contribution in [0.5, 0.6) is 0 Å². The summed E-state index contributed by atoms with van der Waals surface area (Å²) in [4.78, 5) is 29.3. The molecule has 0 bridgehead atoms. The standard InChI is InChI=1S/C22H23NO3S/c24-19-16-7-1-2-8-17(16)22(26-19)12-6-13-23(15-22)20(25)21(10-3-4-11-21)18-9-5-14-27-18/h1-2,5,7-9,14H,3-4,6,10-13,15H2. The van der Waals surface area contributed by atoms with Crippen LogP contribution in [0.4, 0.5) is 0 Å². The first-order valence-electron chi connectivity index (χ1n) is 9.81. The molecule has 1 unspecified atom stereocenters. The summed E-state index contributed by atoms with van der Waals surface area (Å²) in [6.45, 7) is 1.22. The molecule has 3 aliphatic rings. The highest BCUT2D eigenvalue weighted by atomic mass is 32.1. The van der Waals surface area contributed by atoms with E-state index in [1.165, 1.54) is 4.88 Å². The lowest BCUT2D eigenvalue weighted by Gasteiger charge is -2.43. The van der Waals surface area contributed by atoms with Crippen molar-refractivity contribution in [2.45, 2.75) is 49.5 Å². The highest BCUT2D eigenvalue weighted by Gasteiger charge is 2.52. The Morgan fingerprint density at radius 2 is 1.85 bits per heavy atom. The van der Waals surface area contributed by atoms with Crippen LogP contribution in [0.15, 0.2) is 41.8 Å². The van der Waals surface area contributed by atoms with Crippen LogP contribution >= 0.6 is 11.3 Å². The number of nitrogens with zero attached hydrogens (tertiary/aromatic N) is 1. The molecule has 3 heterocycles. The maximum Gasteiger partial charge on any atom is 0.339 e. The number of esters is 1. The van der Waals surface area contributed by atoms with Gasteiger partial charge in [0.15, 0.2) is 5.60 Å². The molecule has 5 rings (SSSR count). The third-order valence-corrected chi connectivity index (χ3v) is 7.60. The number of ether oxygens (including phenoxy) is 1. The Balaban J connectivity index is 1.49. The highest BCUT2D eigenvalue weighted by Crippen LogP contribution is 2.47. The van der Waals surface area contributed by atoms with Gasteiger partial charge < -0.3 is 9.64 Å². The quantitative estimate of drug-likeness (QED) is 0.731. The SMILES string of the molecule is O=C1OC2(CCCN(C(=O)C3(c4cccs4)CCCC3)C2)c2ccccc21. The minimum Gasteiger partial charge on any atom is -0.449 e. The second kappa shape index (κ2) is 6.20. The van der Waals surface area contributed by atoms with Crippen molar-refractivity contribution in [1.29, 1.82) is 0 Å². The van der Waals surface area contributed by atoms with Gasteiger partial charge in [0.25, 0.3) is 0 Å². The molecule has 2 aromatic rings. The van der Waals surface area contributed by atoms with E-state index in [2.05, 4.69) is 11.4 Å². The molecule has 1 atom stereocenters. The molecule has 0 N–H and O–H groups in total. The minimum atomic E-state index is -0.670. The maximum atomic E-state index is 13.7. The van der Waals surface area contributed by atoms with E-state index >= 15 is 0 Å². The van der Waals surface area contributed by atoms with Crippen molar-refractivity contribution < 1.29 is 14.3 Å². The summed E-state index contributed by atoms with van der Waals surface area (Å²) in [5, 5.41) is 2.06. The van der Waals surface area contributed by atoms with Crippen molar-refractivity contribution in [1.82, 2.24) is 4.90 Å². The molecule has 1 aromatic heterocycles. The Morgan fingerprint density at radius 3 is 2.63 bits per heavy atom. The zero-order valence-corrected chi connectivity index (χ0v) is 16.1. The van der Waals surface area contributed by atoms with E-state index in [9.17, 15) is 9.59 Å². The lowest BCUT2D eigenvalue weighted by Crippen LogP contribution is -2.53. The monoisotopic (exact) mass is 381 g/mol. The molecule has 5 heteroatoms. The summed E-state index contributed by atoms with van der Waals surface area (Å²) >= 11 is 1.69. The van der Waals surface area contributed by atoms with Crippen LogP contribution in [0.25, 0.3) is 0 Å². The van der Waals surface area contributed by atoms with Gasteiger partial charge in [-0.15, -0.1) is 11.3 Å². The minimum absolute atomic E-state index is 0.224. The number of fused-ring (bicyclic) bond motifs is 2. The van der Waals surface area contributed by atoms with E-state index in [1.54, 1.807) is 11.3 Å². The van der Waals surface area contributed by atoms with Gasteiger partial charge in [0.1, 0.15) is 0 Å². The molecule has 2 fully saturated rings. The van der Waals surface area contributed by atoms with Gasteiger partial charge in [0.05, 0.1) is 17.5 Å². The van der Waals surface area contributed by atoms with Crippen LogP contribution in [0.1, 0.15) is 59.3 Å². The fourth-order valence-electron chi connectivity index (χ4n) is 5.24. The molecule has 27 heavy (non-hydrogen) atoms. The Bertz CT molecular complexity index is 885.